The summed E-state index contributed by atoms with van der Waals surface area (Å²) in [6.45, 7) is 7.14. The first-order chi connectivity index (χ1) is 31.3. The average molecular weight is 901 g/mol. The summed E-state index contributed by atoms with van der Waals surface area (Å²) in [6.07, 6.45) is 0.668. The van der Waals surface area contributed by atoms with E-state index in [1.165, 1.54) is 41.3 Å². The van der Waals surface area contributed by atoms with Gasteiger partial charge >= 0.3 is 6.09 Å². The molecular formula is C47H64N8O10. The van der Waals surface area contributed by atoms with Gasteiger partial charge in [-0.25, -0.2) is 4.79 Å². The monoisotopic (exact) mass is 900 g/mol. The van der Waals surface area contributed by atoms with Crippen molar-refractivity contribution in [1.82, 2.24) is 35.2 Å². The Morgan fingerprint density at radius 2 is 1.20 bits per heavy atom. The van der Waals surface area contributed by atoms with Gasteiger partial charge in [-0.15, -0.1) is 9.46 Å². The molecule has 0 radical (unpaired) electrons. The Morgan fingerprint density at radius 1 is 0.662 bits per heavy atom. The predicted molar refractivity (Wildman–Crippen MR) is 245 cm³/mol. The molecule has 0 aliphatic rings. The molecule has 1 atom stereocenters. The number of nitrogens with one attached hydrogen (secondary N) is 3. The topological polar surface area (TPSA) is 218 Å². The largest absolute Gasteiger partial charge is 0.444 e. The van der Waals surface area contributed by atoms with Crippen LogP contribution in [0.3, 0.4) is 0 Å². The van der Waals surface area contributed by atoms with Gasteiger partial charge in [0.15, 0.2) is 0 Å². The fourth-order valence-electron chi connectivity index (χ4n) is 6.60. The van der Waals surface area contributed by atoms with Gasteiger partial charge in [0.2, 0.25) is 5.91 Å². The third kappa shape index (κ3) is 17.2. The first-order valence-corrected chi connectivity index (χ1v) is 21.9. The summed E-state index contributed by atoms with van der Waals surface area (Å²) in [7, 11) is 1.78. The number of pyridine rings is 2. The maximum Gasteiger partial charge on any atom is 0.407 e. The molecular weight excluding hydrogens is 837 g/mol. The molecule has 0 aliphatic carbocycles. The summed E-state index contributed by atoms with van der Waals surface area (Å²) < 4.78 is 12.8. The van der Waals surface area contributed by atoms with Gasteiger partial charge in [-0.2, -0.15) is 0 Å². The lowest BCUT2D eigenvalue weighted by Crippen LogP contribution is -2.52. The Balaban J connectivity index is 1.58. The first-order valence-electron chi connectivity index (χ1n) is 21.9. The summed E-state index contributed by atoms with van der Waals surface area (Å²) in [5.41, 5.74) is 5.67. The van der Waals surface area contributed by atoms with Crippen LogP contribution >= 0.6 is 0 Å². The number of carbonyl (C=O) groups excluding carboxylic acids is 4. The molecule has 5 N–H and O–H groups in total. The van der Waals surface area contributed by atoms with Gasteiger partial charge in [0.25, 0.3) is 22.9 Å². The second-order valence-electron chi connectivity index (χ2n) is 16.0. The number of hydrogen-bond donors (Lipinski definition) is 4. The summed E-state index contributed by atoms with van der Waals surface area (Å²) in [5, 5.41) is 8.59. The maximum absolute atomic E-state index is 14.7. The number of benzene rings is 2. The van der Waals surface area contributed by atoms with Crippen molar-refractivity contribution in [2.75, 3.05) is 66.1 Å². The molecule has 0 spiro atoms. The lowest BCUT2D eigenvalue weighted by molar-refractivity contribution is -0.126. The van der Waals surface area contributed by atoms with E-state index in [4.69, 9.17) is 24.9 Å². The van der Waals surface area contributed by atoms with Crippen LogP contribution < -0.4 is 42.5 Å². The van der Waals surface area contributed by atoms with Gasteiger partial charge < -0.3 is 50.6 Å². The SMILES string of the molecule is CNCCCN(C(=O)c1cccc(=O)n1OCc1ccccc1)C(CCCN(CCCN)C(=O)c1cccc(=O)n1OCc1ccccc1)C(=O)NCCOCCNC(=O)OC(C)(C)C. The molecule has 18 heteroatoms. The van der Waals surface area contributed by atoms with E-state index in [1.54, 1.807) is 32.7 Å². The molecule has 18 nitrogen and oxygen atoms in total. The minimum atomic E-state index is -1.08. The Morgan fingerprint density at radius 3 is 1.74 bits per heavy atom. The van der Waals surface area contributed by atoms with E-state index in [0.29, 0.717) is 25.9 Å². The van der Waals surface area contributed by atoms with Gasteiger partial charge in [-0.05, 0) is 89.9 Å². The maximum atomic E-state index is 14.7. The zero-order chi connectivity index (χ0) is 47.0. The number of carbonyl (C=O) groups is 4. The lowest BCUT2D eigenvalue weighted by atomic mass is 10.1. The zero-order valence-electron chi connectivity index (χ0n) is 37.9. The number of nitrogens with two attached hydrogens (primary N) is 1. The number of aromatic nitrogens is 2. The Hall–Kier alpha value is -6.50. The molecule has 1 unspecified atom stereocenters. The second-order valence-corrected chi connectivity index (χ2v) is 16.0. The number of amides is 4. The summed E-state index contributed by atoms with van der Waals surface area (Å²) >= 11 is 0. The van der Waals surface area contributed by atoms with Crippen molar-refractivity contribution < 1.29 is 38.3 Å². The molecule has 65 heavy (non-hydrogen) atoms. The van der Waals surface area contributed by atoms with Gasteiger partial charge in [0, 0.05) is 44.9 Å². The standard InChI is InChI=1S/C47H64N8O10/c1-47(2,3)65-46(61)51-28-33-62-32-27-50-43(58)38(53(31-15-26-49-4)45(60)40-21-12-24-42(57)55(40)64-35-37-18-9-6-10-19-37)22-13-29-52(30-14-25-48)44(59)39-20-11-23-41(56)54(39)63-34-36-16-7-5-8-17-36/h5-12,16-21,23-24,38,49H,13-15,22,25-35,48H2,1-4H3,(H,50,58)(H,51,61). The molecule has 352 valence electrons. The van der Waals surface area contributed by atoms with Gasteiger partial charge in [0.1, 0.15) is 36.2 Å². The normalized spacial score (nSPS) is 11.6. The molecule has 0 bridgehead atoms. The van der Waals surface area contributed by atoms with E-state index in [2.05, 4.69) is 16.0 Å². The van der Waals surface area contributed by atoms with Crippen molar-refractivity contribution in [2.24, 2.45) is 5.73 Å². The van der Waals surface area contributed by atoms with Crippen LogP contribution in [0.4, 0.5) is 4.79 Å². The fraction of sp³-hybridized carbons (Fsp3) is 0.447. The molecule has 0 fully saturated rings. The van der Waals surface area contributed by atoms with Crippen LogP contribution in [0.15, 0.2) is 107 Å². The van der Waals surface area contributed by atoms with Crippen LogP contribution in [0.25, 0.3) is 0 Å². The van der Waals surface area contributed by atoms with E-state index in [1.807, 2.05) is 60.7 Å². The van der Waals surface area contributed by atoms with Crippen molar-refractivity contribution in [2.45, 2.75) is 71.3 Å². The summed E-state index contributed by atoms with van der Waals surface area (Å²) in [4.78, 5) is 96.3. The smallest absolute Gasteiger partial charge is 0.407 e. The first kappa shape index (κ1) is 51.1. The third-order valence-electron chi connectivity index (χ3n) is 9.72. The highest BCUT2D eigenvalue weighted by Gasteiger charge is 2.32. The average Bonchev–Trinajstić information content (AvgIpc) is 3.29. The second kappa shape index (κ2) is 27.0. The van der Waals surface area contributed by atoms with E-state index in [0.717, 1.165) is 20.6 Å². The number of ether oxygens (including phenoxy) is 2. The van der Waals surface area contributed by atoms with Crippen LogP contribution in [0.2, 0.25) is 0 Å². The molecule has 4 amide bonds. The van der Waals surface area contributed by atoms with E-state index < -0.39 is 46.6 Å². The van der Waals surface area contributed by atoms with E-state index >= 15 is 0 Å². The van der Waals surface area contributed by atoms with E-state index in [9.17, 15) is 28.8 Å². The quantitative estimate of drug-likeness (QED) is 0.0636. The van der Waals surface area contributed by atoms with Crippen molar-refractivity contribution in [3.05, 3.63) is 140 Å². The Labute approximate surface area is 379 Å². The van der Waals surface area contributed by atoms with Crippen molar-refractivity contribution in [3.8, 4) is 0 Å². The Kier molecular flexibility index (Phi) is 21.2. The third-order valence-corrected chi connectivity index (χ3v) is 9.72. The minimum Gasteiger partial charge on any atom is -0.444 e. The van der Waals surface area contributed by atoms with Gasteiger partial charge in [0.05, 0.1) is 13.2 Å². The van der Waals surface area contributed by atoms with Gasteiger partial charge in [-0.3, -0.25) is 24.0 Å². The van der Waals surface area contributed by atoms with Crippen molar-refractivity contribution >= 4 is 23.8 Å². The van der Waals surface area contributed by atoms with E-state index in [-0.39, 0.29) is 83.4 Å². The highest BCUT2D eigenvalue weighted by molar-refractivity contribution is 5.96. The highest BCUT2D eigenvalue weighted by Crippen LogP contribution is 2.16. The highest BCUT2D eigenvalue weighted by atomic mass is 16.7. The molecule has 4 rings (SSSR count). The number of nitrogens with zero attached hydrogens (tertiary/aromatic N) is 4. The molecule has 2 aromatic carbocycles. The van der Waals surface area contributed by atoms with Crippen molar-refractivity contribution in [1.29, 1.82) is 0 Å². The summed E-state index contributed by atoms with van der Waals surface area (Å²) in [5.74, 6) is -1.58. The number of rotatable bonds is 27. The number of hydrogen-bond acceptors (Lipinski definition) is 12. The minimum absolute atomic E-state index is 0.00120. The molecule has 0 saturated carbocycles. The van der Waals surface area contributed by atoms with Crippen LogP contribution in [0.5, 0.6) is 0 Å². The van der Waals surface area contributed by atoms with Crippen molar-refractivity contribution in [3.63, 3.8) is 0 Å². The van der Waals surface area contributed by atoms with Crippen LogP contribution in [0.1, 0.15) is 78.6 Å². The fourth-order valence-corrected chi connectivity index (χ4v) is 6.60. The van der Waals surface area contributed by atoms with Crippen LogP contribution in [-0.4, -0.2) is 121 Å². The number of alkyl carbamates (subject to hydrolysis) is 1. The summed E-state index contributed by atoms with van der Waals surface area (Å²) in [6, 6.07) is 25.9. The zero-order valence-corrected chi connectivity index (χ0v) is 37.9. The molecule has 0 aliphatic heterocycles. The Bertz CT molecular complexity index is 2210. The molecule has 2 aromatic heterocycles. The van der Waals surface area contributed by atoms with Gasteiger partial charge in [-0.1, -0.05) is 72.8 Å². The molecule has 2 heterocycles. The molecule has 4 aromatic rings. The molecule has 0 saturated heterocycles. The van der Waals surface area contributed by atoms with Crippen LogP contribution in [0, 0.1) is 0 Å². The lowest BCUT2D eigenvalue weighted by Gasteiger charge is -2.32. The predicted octanol–water partition coefficient (Wildman–Crippen LogP) is 2.62. The van der Waals surface area contributed by atoms with Crippen LogP contribution in [-0.2, 0) is 27.5 Å².